The van der Waals surface area contributed by atoms with Crippen molar-refractivity contribution in [2.24, 2.45) is 0 Å². The second kappa shape index (κ2) is 5.01. The molecule has 19 heavy (non-hydrogen) atoms. The highest BCUT2D eigenvalue weighted by Gasteiger charge is 2.19. The van der Waals surface area contributed by atoms with Crippen LogP contribution in [-0.2, 0) is 0 Å². The molecule has 0 unspecified atom stereocenters. The second-order valence-electron chi connectivity index (χ2n) is 3.95. The zero-order valence-electron chi connectivity index (χ0n) is 10.3. The summed E-state index contributed by atoms with van der Waals surface area (Å²) >= 11 is 0. The van der Waals surface area contributed by atoms with Crippen molar-refractivity contribution in [1.29, 1.82) is 0 Å². The number of rotatable bonds is 3. The van der Waals surface area contributed by atoms with Crippen molar-refractivity contribution in [2.45, 2.75) is 13.8 Å². The second-order valence-corrected chi connectivity index (χ2v) is 3.95. The third-order valence-corrected chi connectivity index (χ3v) is 2.66. The Balaban J connectivity index is 2.42. The number of benzene rings is 1. The number of carbonyl (C=O) groups is 1. The van der Waals surface area contributed by atoms with Crippen molar-refractivity contribution in [3.05, 3.63) is 46.9 Å². The van der Waals surface area contributed by atoms with Crippen LogP contribution in [0.1, 0.15) is 21.6 Å². The topological polar surface area (TPSA) is 72.3 Å². The maximum atomic E-state index is 12.8. The lowest BCUT2D eigenvalue weighted by atomic mass is 10.1. The Bertz CT molecular complexity index is 627. The van der Waals surface area contributed by atoms with Crippen LogP contribution < -0.4 is 4.74 Å². The highest BCUT2D eigenvalue weighted by molar-refractivity contribution is 5.92. The lowest BCUT2D eigenvalue weighted by Gasteiger charge is -2.10. The molecule has 0 aliphatic heterocycles. The molecule has 1 aromatic carbocycles. The molecule has 0 atom stereocenters. The molecule has 1 heterocycles. The zero-order chi connectivity index (χ0) is 14.0. The number of aromatic carboxylic acids is 1. The van der Waals surface area contributed by atoms with E-state index in [1.807, 2.05) is 0 Å². The van der Waals surface area contributed by atoms with Gasteiger partial charge in [0.15, 0.2) is 0 Å². The highest BCUT2D eigenvalue weighted by Crippen LogP contribution is 2.25. The normalized spacial score (nSPS) is 10.3. The van der Waals surface area contributed by atoms with Crippen LogP contribution in [0.3, 0.4) is 0 Å². The lowest BCUT2D eigenvalue weighted by molar-refractivity contribution is 0.0692. The van der Waals surface area contributed by atoms with Crippen LogP contribution in [0.5, 0.6) is 11.6 Å². The van der Waals surface area contributed by atoms with Crippen LogP contribution >= 0.6 is 0 Å². The Kier molecular flexibility index (Phi) is 3.41. The number of carboxylic acid groups (broad SMARTS) is 1. The third kappa shape index (κ3) is 2.67. The monoisotopic (exact) mass is 262 g/mol. The van der Waals surface area contributed by atoms with Gasteiger partial charge in [0.05, 0.1) is 5.69 Å². The minimum atomic E-state index is -1.15. The molecule has 1 aromatic heterocycles. The van der Waals surface area contributed by atoms with Crippen LogP contribution in [-0.4, -0.2) is 21.3 Å². The SMILES string of the molecule is Cc1nnc(Oc2ccc(F)cc2)c(C(=O)O)c1C. The lowest BCUT2D eigenvalue weighted by Crippen LogP contribution is -2.08. The molecule has 0 saturated carbocycles. The molecular formula is C13H11FN2O3. The number of ether oxygens (including phenoxy) is 1. The molecule has 2 rings (SSSR count). The molecule has 0 spiro atoms. The highest BCUT2D eigenvalue weighted by atomic mass is 19.1. The zero-order valence-corrected chi connectivity index (χ0v) is 10.3. The van der Waals surface area contributed by atoms with Gasteiger partial charge in [-0.2, -0.15) is 5.10 Å². The van der Waals surface area contributed by atoms with E-state index < -0.39 is 11.8 Å². The van der Waals surface area contributed by atoms with Crippen molar-refractivity contribution in [3.63, 3.8) is 0 Å². The van der Waals surface area contributed by atoms with Gasteiger partial charge in [0.25, 0.3) is 5.88 Å². The maximum absolute atomic E-state index is 12.8. The van der Waals surface area contributed by atoms with Crippen molar-refractivity contribution >= 4 is 5.97 Å². The summed E-state index contributed by atoms with van der Waals surface area (Å²) in [5, 5.41) is 16.7. The van der Waals surface area contributed by atoms with Gasteiger partial charge in [-0.15, -0.1) is 5.10 Å². The van der Waals surface area contributed by atoms with Crippen molar-refractivity contribution in [1.82, 2.24) is 10.2 Å². The van der Waals surface area contributed by atoms with Gasteiger partial charge in [-0.1, -0.05) is 0 Å². The van der Waals surface area contributed by atoms with E-state index >= 15 is 0 Å². The van der Waals surface area contributed by atoms with E-state index in [9.17, 15) is 14.3 Å². The smallest absolute Gasteiger partial charge is 0.341 e. The fraction of sp³-hybridized carbons (Fsp3) is 0.154. The number of hydrogen-bond acceptors (Lipinski definition) is 4. The van der Waals surface area contributed by atoms with Gasteiger partial charge in [-0.25, -0.2) is 9.18 Å². The fourth-order valence-corrected chi connectivity index (χ4v) is 1.52. The van der Waals surface area contributed by atoms with E-state index in [-0.39, 0.29) is 11.4 Å². The van der Waals surface area contributed by atoms with E-state index in [0.717, 1.165) is 0 Å². The van der Waals surface area contributed by atoms with Crippen molar-refractivity contribution in [3.8, 4) is 11.6 Å². The molecule has 0 bridgehead atoms. The van der Waals surface area contributed by atoms with Gasteiger partial charge < -0.3 is 9.84 Å². The van der Waals surface area contributed by atoms with E-state index in [4.69, 9.17) is 4.74 Å². The van der Waals surface area contributed by atoms with E-state index in [1.54, 1.807) is 13.8 Å². The fourth-order valence-electron chi connectivity index (χ4n) is 1.52. The first-order chi connectivity index (χ1) is 8.99. The molecule has 0 radical (unpaired) electrons. The van der Waals surface area contributed by atoms with Gasteiger partial charge in [0.1, 0.15) is 17.1 Å². The van der Waals surface area contributed by atoms with Gasteiger partial charge in [0.2, 0.25) is 0 Å². The summed E-state index contributed by atoms with van der Waals surface area (Å²) in [6.45, 7) is 3.29. The number of halogens is 1. The van der Waals surface area contributed by atoms with Crippen LogP contribution in [0.15, 0.2) is 24.3 Å². The number of aromatic nitrogens is 2. The Morgan fingerprint density at radius 3 is 2.42 bits per heavy atom. The number of nitrogens with zero attached hydrogens (tertiary/aromatic N) is 2. The van der Waals surface area contributed by atoms with E-state index in [1.165, 1.54) is 24.3 Å². The summed E-state index contributed by atoms with van der Waals surface area (Å²) in [5.74, 6) is -1.37. The largest absolute Gasteiger partial charge is 0.477 e. The summed E-state index contributed by atoms with van der Waals surface area (Å²) in [5.41, 5.74) is 0.959. The molecule has 1 N–H and O–H groups in total. The molecule has 98 valence electrons. The molecule has 6 heteroatoms. The first-order valence-electron chi connectivity index (χ1n) is 5.49. The molecule has 0 aliphatic carbocycles. The first-order valence-corrected chi connectivity index (χ1v) is 5.49. The van der Waals surface area contributed by atoms with Gasteiger partial charge in [-0.3, -0.25) is 0 Å². The standard InChI is InChI=1S/C13H11FN2O3/c1-7-8(2)15-16-12(11(7)13(17)18)19-10-5-3-9(14)4-6-10/h3-6H,1-2H3,(H,17,18). The molecule has 0 amide bonds. The van der Waals surface area contributed by atoms with Crippen LogP contribution in [0.4, 0.5) is 4.39 Å². The predicted molar refractivity (Wildman–Crippen MR) is 64.9 cm³/mol. The van der Waals surface area contributed by atoms with Gasteiger partial charge in [-0.05, 0) is 43.7 Å². The van der Waals surface area contributed by atoms with Crippen LogP contribution in [0.2, 0.25) is 0 Å². The predicted octanol–water partition coefficient (Wildman–Crippen LogP) is 2.72. The van der Waals surface area contributed by atoms with Gasteiger partial charge >= 0.3 is 5.97 Å². The summed E-state index contributed by atoms with van der Waals surface area (Å²) in [4.78, 5) is 11.2. The maximum Gasteiger partial charge on any atom is 0.341 e. The number of hydrogen-bond donors (Lipinski definition) is 1. The average Bonchev–Trinajstić information content (AvgIpc) is 2.36. The summed E-state index contributed by atoms with van der Waals surface area (Å²) in [6, 6.07) is 5.20. The number of carboxylic acids is 1. The molecule has 0 aliphatic rings. The Labute approximate surface area is 108 Å². The third-order valence-electron chi connectivity index (χ3n) is 2.66. The minimum absolute atomic E-state index is 0.0446. The Morgan fingerprint density at radius 2 is 1.84 bits per heavy atom. The molecule has 0 saturated heterocycles. The van der Waals surface area contributed by atoms with E-state index in [0.29, 0.717) is 17.0 Å². The summed E-state index contributed by atoms with van der Waals surface area (Å²) in [7, 11) is 0. The van der Waals surface area contributed by atoms with Crippen LogP contribution in [0.25, 0.3) is 0 Å². The van der Waals surface area contributed by atoms with Gasteiger partial charge in [0, 0.05) is 0 Å². The molecule has 2 aromatic rings. The number of aryl methyl sites for hydroxylation is 1. The molecular weight excluding hydrogens is 251 g/mol. The van der Waals surface area contributed by atoms with Crippen molar-refractivity contribution in [2.75, 3.05) is 0 Å². The Morgan fingerprint density at radius 1 is 1.21 bits per heavy atom. The molecule has 5 nitrogen and oxygen atoms in total. The molecule has 0 fully saturated rings. The summed E-state index contributed by atoms with van der Waals surface area (Å²) < 4.78 is 18.1. The van der Waals surface area contributed by atoms with Crippen LogP contribution in [0, 0.1) is 19.7 Å². The first kappa shape index (κ1) is 12.9. The van der Waals surface area contributed by atoms with Crippen molar-refractivity contribution < 1.29 is 19.0 Å². The summed E-state index contributed by atoms with van der Waals surface area (Å²) in [6.07, 6.45) is 0. The average molecular weight is 262 g/mol. The minimum Gasteiger partial charge on any atom is -0.477 e. The van der Waals surface area contributed by atoms with E-state index in [2.05, 4.69) is 10.2 Å². The quantitative estimate of drug-likeness (QED) is 0.920. The Hall–Kier alpha value is -2.50.